The Hall–Kier alpha value is -2.67. The zero-order valence-corrected chi connectivity index (χ0v) is 17.0. The van der Waals surface area contributed by atoms with Gasteiger partial charge < -0.3 is 15.1 Å². The summed E-state index contributed by atoms with van der Waals surface area (Å²) >= 11 is 1.42. The standard InChI is InChI=1S/C21H22N4O2S/c1-12-10-25(15-8-21(2,3)9-16(27)17(12)15)14-5-4-13-18(19(14)28-7-6-26)23-11-24-20(13)22/h4-6,10-11H,7-9H2,1-3H3,(H2,22,23,24). The smallest absolute Gasteiger partial charge is 0.165 e. The summed E-state index contributed by atoms with van der Waals surface area (Å²) in [6.45, 7) is 6.22. The van der Waals surface area contributed by atoms with Crippen molar-refractivity contribution < 1.29 is 9.59 Å². The molecule has 2 heterocycles. The lowest BCUT2D eigenvalue weighted by Crippen LogP contribution is -2.28. The SMILES string of the molecule is Cc1cn(-c2ccc3c(N)ncnc3c2SCC=O)c2c1C(=O)CC(C)(C)C2. The van der Waals surface area contributed by atoms with Crippen molar-refractivity contribution in [3.63, 3.8) is 0 Å². The van der Waals surface area contributed by atoms with Crippen LogP contribution in [0.5, 0.6) is 0 Å². The quantitative estimate of drug-likeness (QED) is 0.535. The fourth-order valence-electron chi connectivity index (χ4n) is 4.06. The third-order valence-corrected chi connectivity index (χ3v) is 6.18. The minimum atomic E-state index is -0.0911. The number of benzene rings is 1. The lowest BCUT2D eigenvalue weighted by atomic mass is 9.75. The number of thioether (sulfide) groups is 1. The third-order valence-electron chi connectivity index (χ3n) is 5.19. The monoisotopic (exact) mass is 394 g/mol. The zero-order valence-electron chi connectivity index (χ0n) is 16.2. The Balaban J connectivity index is 1.99. The topological polar surface area (TPSA) is 90.9 Å². The molecule has 1 aliphatic carbocycles. The van der Waals surface area contributed by atoms with Crippen LogP contribution < -0.4 is 5.73 Å². The molecular formula is C21H22N4O2S. The van der Waals surface area contributed by atoms with Gasteiger partial charge in [-0.2, -0.15) is 0 Å². The summed E-state index contributed by atoms with van der Waals surface area (Å²) < 4.78 is 2.09. The molecule has 0 fully saturated rings. The van der Waals surface area contributed by atoms with Gasteiger partial charge >= 0.3 is 0 Å². The molecule has 2 N–H and O–H groups in total. The first kappa shape index (κ1) is 18.7. The Kier molecular flexibility index (Phi) is 4.50. The molecule has 0 atom stereocenters. The summed E-state index contributed by atoms with van der Waals surface area (Å²) in [5, 5.41) is 0.758. The van der Waals surface area contributed by atoms with Crippen LogP contribution in [0.3, 0.4) is 0 Å². The van der Waals surface area contributed by atoms with Crippen LogP contribution in [0.2, 0.25) is 0 Å². The molecule has 7 heteroatoms. The maximum absolute atomic E-state index is 12.8. The van der Waals surface area contributed by atoms with Gasteiger partial charge in [0, 0.05) is 29.3 Å². The van der Waals surface area contributed by atoms with Crippen molar-refractivity contribution in [2.45, 2.75) is 38.5 Å². The van der Waals surface area contributed by atoms with Gasteiger partial charge in [-0.15, -0.1) is 11.8 Å². The number of ketones is 1. The van der Waals surface area contributed by atoms with Crippen LogP contribution in [-0.2, 0) is 11.2 Å². The Morgan fingerprint density at radius 3 is 2.82 bits per heavy atom. The van der Waals surface area contributed by atoms with Gasteiger partial charge in [0.05, 0.1) is 21.9 Å². The molecule has 144 valence electrons. The van der Waals surface area contributed by atoms with Crippen molar-refractivity contribution in [3.05, 3.63) is 41.5 Å². The van der Waals surface area contributed by atoms with Crippen molar-refractivity contribution in [2.75, 3.05) is 11.5 Å². The maximum Gasteiger partial charge on any atom is 0.165 e. The molecule has 0 aliphatic heterocycles. The number of fused-ring (bicyclic) bond motifs is 2. The van der Waals surface area contributed by atoms with E-state index < -0.39 is 0 Å². The molecule has 0 radical (unpaired) electrons. The number of hydrogen-bond donors (Lipinski definition) is 1. The van der Waals surface area contributed by atoms with Crippen LogP contribution in [0.25, 0.3) is 16.6 Å². The van der Waals surface area contributed by atoms with E-state index in [1.54, 1.807) is 0 Å². The van der Waals surface area contributed by atoms with Gasteiger partial charge in [-0.05, 0) is 36.5 Å². The molecule has 4 rings (SSSR count). The molecule has 0 bridgehead atoms. The first-order valence-electron chi connectivity index (χ1n) is 9.16. The van der Waals surface area contributed by atoms with Crippen LogP contribution in [0, 0.1) is 12.3 Å². The number of aryl methyl sites for hydroxylation is 1. The van der Waals surface area contributed by atoms with Crippen molar-refractivity contribution in [3.8, 4) is 5.69 Å². The van der Waals surface area contributed by atoms with Crippen molar-refractivity contribution in [2.24, 2.45) is 5.41 Å². The van der Waals surface area contributed by atoms with Gasteiger partial charge in [0.25, 0.3) is 0 Å². The van der Waals surface area contributed by atoms with Crippen LogP contribution in [-0.4, -0.2) is 32.4 Å². The largest absolute Gasteiger partial charge is 0.383 e. The van der Waals surface area contributed by atoms with Crippen LogP contribution in [0.1, 0.15) is 41.9 Å². The van der Waals surface area contributed by atoms with Gasteiger partial charge in [0.2, 0.25) is 0 Å². The van der Waals surface area contributed by atoms with Gasteiger partial charge in [-0.1, -0.05) is 13.8 Å². The molecule has 6 nitrogen and oxygen atoms in total. The minimum Gasteiger partial charge on any atom is -0.383 e. The molecule has 0 spiro atoms. The summed E-state index contributed by atoms with van der Waals surface area (Å²) in [5.74, 6) is 0.909. The molecule has 28 heavy (non-hydrogen) atoms. The zero-order chi connectivity index (χ0) is 20.1. The molecule has 0 saturated heterocycles. The van der Waals surface area contributed by atoms with E-state index in [1.807, 2.05) is 25.3 Å². The summed E-state index contributed by atoms with van der Waals surface area (Å²) in [4.78, 5) is 33.2. The number of aromatic nitrogens is 3. The molecule has 0 saturated carbocycles. The highest BCUT2D eigenvalue weighted by atomic mass is 32.2. The summed E-state index contributed by atoms with van der Waals surface area (Å²) in [6, 6.07) is 3.88. The number of anilines is 1. The second kappa shape index (κ2) is 6.74. The van der Waals surface area contributed by atoms with Crippen LogP contribution in [0.15, 0.2) is 29.6 Å². The van der Waals surface area contributed by atoms with E-state index >= 15 is 0 Å². The number of hydrogen-bond acceptors (Lipinski definition) is 6. The van der Waals surface area contributed by atoms with E-state index in [0.29, 0.717) is 18.0 Å². The summed E-state index contributed by atoms with van der Waals surface area (Å²) in [7, 11) is 0. The number of nitrogen functional groups attached to an aromatic ring is 1. The van der Waals surface area contributed by atoms with E-state index in [0.717, 1.165) is 51.0 Å². The number of Topliss-reactive ketones (excluding diaryl/α,β-unsaturated/α-hetero) is 1. The summed E-state index contributed by atoms with van der Waals surface area (Å²) in [6.07, 6.45) is 5.69. The first-order chi connectivity index (χ1) is 13.3. The van der Waals surface area contributed by atoms with E-state index in [9.17, 15) is 9.59 Å². The average molecular weight is 395 g/mol. The highest BCUT2D eigenvalue weighted by Crippen LogP contribution is 2.41. The van der Waals surface area contributed by atoms with Gasteiger partial charge in [-0.3, -0.25) is 4.79 Å². The van der Waals surface area contributed by atoms with E-state index in [-0.39, 0.29) is 11.2 Å². The molecule has 1 aromatic carbocycles. The van der Waals surface area contributed by atoms with E-state index in [1.165, 1.54) is 18.1 Å². The molecule has 0 unspecified atom stereocenters. The predicted octanol–water partition coefficient (Wildman–Crippen LogP) is 3.76. The second-order valence-corrected chi connectivity index (χ2v) is 9.02. The Morgan fingerprint density at radius 2 is 2.07 bits per heavy atom. The van der Waals surface area contributed by atoms with Crippen molar-refractivity contribution in [1.29, 1.82) is 0 Å². The number of nitrogens with two attached hydrogens (primary N) is 1. The number of aldehydes is 1. The number of carbonyl (C=O) groups excluding carboxylic acids is 2. The Bertz CT molecular complexity index is 1120. The fourth-order valence-corrected chi connectivity index (χ4v) is 4.90. The van der Waals surface area contributed by atoms with E-state index in [4.69, 9.17) is 5.73 Å². The van der Waals surface area contributed by atoms with Gasteiger partial charge in [0.1, 0.15) is 18.4 Å². The molecule has 3 aromatic rings. The fraction of sp³-hybridized carbons (Fsp3) is 0.333. The average Bonchev–Trinajstić information content (AvgIpc) is 2.95. The Morgan fingerprint density at radius 1 is 1.29 bits per heavy atom. The number of nitrogens with zero attached hydrogens (tertiary/aromatic N) is 3. The van der Waals surface area contributed by atoms with Gasteiger partial charge in [-0.25, -0.2) is 9.97 Å². The highest BCUT2D eigenvalue weighted by Gasteiger charge is 2.35. The first-order valence-corrected chi connectivity index (χ1v) is 10.1. The van der Waals surface area contributed by atoms with Crippen molar-refractivity contribution >= 4 is 40.6 Å². The third kappa shape index (κ3) is 2.99. The highest BCUT2D eigenvalue weighted by molar-refractivity contribution is 8.00. The maximum atomic E-state index is 12.8. The molecular weight excluding hydrogens is 372 g/mol. The van der Waals surface area contributed by atoms with Crippen LogP contribution in [0.4, 0.5) is 5.82 Å². The summed E-state index contributed by atoms with van der Waals surface area (Å²) in [5.41, 5.74) is 10.4. The second-order valence-electron chi connectivity index (χ2n) is 7.99. The number of carbonyl (C=O) groups is 2. The normalized spacial score (nSPS) is 15.6. The van der Waals surface area contributed by atoms with Crippen molar-refractivity contribution in [1.82, 2.24) is 14.5 Å². The predicted molar refractivity (Wildman–Crippen MR) is 111 cm³/mol. The molecule has 2 aromatic heterocycles. The molecule has 1 aliphatic rings. The van der Waals surface area contributed by atoms with E-state index in [2.05, 4.69) is 28.4 Å². The van der Waals surface area contributed by atoms with Gasteiger partial charge in [0.15, 0.2) is 5.78 Å². The lowest BCUT2D eigenvalue weighted by Gasteiger charge is -2.30. The minimum absolute atomic E-state index is 0.0911. The molecule has 0 amide bonds. The Labute approximate surface area is 167 Å². The van der Waals surface area contributed by atoms with Crippen LogP contribution >= 0.6 is 11.8 Å². The lowest BCUT2D eigenvalue weighted by molar-refractivity contribution is -0.105. The number of rotatable bonds is 4.